The summed E-state index contributed by atoms with van der Waals surface area (Å²) in [6.07, 6.45) is 2.13. The van der Waals surface area contributed by atoms with Crippen LogP contribution >= 0.6 is 11.6 Å². The molecule has 0 saturated heterocycles. The van der Waals surface area contributed by atoms with Gasteiger partial charge in [-0.3, -0.25) is 4.79 Å². The van der Waals surface area contributed by atoms with Crippen LogP contribution < -0.4 is 10.2 Å². The molecule has 0 aliphatic rings. The van der Waals surface area contributed by atoms with Gasteiger partial charge in [-0.1, -0.05) is 36.7 Å². The average molecular weight is 373 g/mol. The Balaban J connectivity index is 1.86. The molecule has 0 aliphatic carbocycles. The van der Waals surface area contributed by atoms with Gasteiger partial charge in [0.25, 0.3) is 0 Å². The Kier molecular flexibility index (Phi) is 5.58. The van der Waals surface area contributed by atoms with Gasteiger partial charge in [-0.25, -0.2) is 4.79 Å². The predicted molar refractivity (Wildman–Crippen MR) is 99.7 cm³/mol. The number of fused-ring (bicyclic) bond motifs is 1. The van der Waals surface area contributed by atoms with E-state index in [0.29, 0.717) is 39.5 Å². The molecule has 134 valence electrons. The highest BCUT2D eigenvalue weighted by atomic mass is 35.5. The van der Waals surface area contributed by atoms with Gasteiger partial charge in [-0.05, 0) is 24.6 Å². The highest BCUT2D eigenvalue weighted by molar-refractivity contribution is 6.33. The smallest absolute Gasteiger partial charge is 0.344 e. The Morgan fingerprint density at radius 3 is 2.73 bits per heavy atom. The molecule has 0 atom stereocenters. The first-order valence-corrected chi connectivity index (χ1v) is 8.57. The van der Waals surface area contributed by atoms with Gasteiger partial charge in [-0.15, -0.1) is 0 Å². The molecular formula is C20H17ClO5. The standard InChI is InChI=1S/C20H17ClO5/c1-2-9-24-19(22)12-25-13-7-8-15-18(10-13)26-11-16(20(15)23)14-5-3-4-6-17(14)21/h3-8,10-11H,2,9,12H2,1H3. The van der Waals surface area contributed by atoms with Crippen LogP contribution in [0.2, 0.25) is 5.02 Å². The molecule has 0 amide bonds. The van der Waals surface area contributed by atoms with E-state index in [1.165, 1.54) is 6.26 Å². The molecule has 6 heteroatoms. The highest BCUT2D eigenvalue weighted by Gasteiger charge is 2.12. The second-order valence-corrected chi connectivity index (χ2v) is 6.03. The van der Waals surface area contributed by atoms with Crippen molar-refractivity contribution in [2.75, 3.05) is 13.2 Å². The minimum absolute atomic E-state index is 0.187. The van der Waals surface area contributed by atoms with E-state index in [0.717, 1.165) is 6.42 Å². The molecule has 0 fully saturated rings. The number of rotatable bonds is 6. The van der Waals surface area contributed by atoms with E-state index in [1.54, 1.807) is 42.5 Å². The Morgan fingerprint density at radius 1 is 1.15 bits per heavy atom. The van der Waals surface area contributed by atoms with E-state index in [-0.39, 0.29) is 12.0 Å². The number of benzene rings is 2. The highest BCUT2D eigenvalue weighted by Crippen LogP contribution is 2.27. The second kappa shape index (κ2) is 8.06. The summed E-state index contributed by atoms with van der Waals surface area (Å²) < 4.78 is 15.9. The molecule has 26 heavy (non-hydrogen) atoms. The van der Waals surface area contributed by atoms with Crippen molar-refractivity contribution in [1.29, 1.82) is 0 Å². The lowest BCUT2D eigenvalue weighted by molar-refractivity contribution is -0.146. The third-order valence-corrected chi connectivity index (χ3v) is 4.06. The summed E-state index contributed by atoms with van der Waals surface area (Å²) in [4.78, 5) is 24.2. The van der Waals surface area contributed by atoms with Crippen molar-refractivity contribution in [3.05, 3.63) is 64.0 Å². The van der Waals surface area contributed by atoms with Crippen molar-refractivity contribution in [3.8, 4) is 16.9 Å². The third-order valence-electron chi connectivity index (χ3n) is 3.73. The second-order valence-electron chi connectivity index (χ2n) is 5.63. The lowest BCUT2D eigenvalue weighted by Crippen LogP contribution is -2.15. The average Bonchev–Trinajstić information content (AvgIpc) is 2.66. The third kappa shape index (κ3) is 3.89. The van der Waals surface area contributed by atoms with E-state index >= 15 is 0 Å². The topological polar surface area (TPSA) is 65.7 Å². The van der Waals surface area contributed by atoms with Crippen molar-refractivity contribution < 1.29 is 18.7 Å². The van der Waals surface area contributed by atoms with Crippen LogP contribution in [0.15, 0.2) is 57.9 Å². The number of carbonyl (C=O) groups is 1. The van der Waals surface area contributed by atoms with E-state index in [4.69, 9.17) is 25.5 Å². The number of esters is 1. The summed E-state index contributed by atoms with van der Waals surface area (Å²) in [6.45, 7) is 2.07. The monoisotopic (exact) mass is 372 g/mol. The van der Waals surface area contributed by atoms with Gasteiger partial charge in [0.05, 0.1) is 17.6 Å². The normalized spacial score (nSPS) is 10.7. The summed E-state index contributed by atoms with van der Waals surface area (Å²) in [5, 5.41) is 0.882. The summed E-state index contributed by atoms with van der Waals surface area (Å²) in [5.41, 5.74) is 1.18. The maximum atomic E-state index is 12.7. The van der Waals surface area contributed by atoms with Crippen LogP contribution in [0, 0.1) is 0 Å². The quantitative estimate of drug-likeness (QED) is 0.598. The van der Waals surface area contributed by atoms with Crippen LogP contribution in [0.4, 0.5) is 0 Å². The van der Waals surface area contributed by atoms with Crippen molar-refractivity contribution in [3.63, 3.8) is 0 Å². The van der Waals surface area contributed by atoms with Crippen LogP contribution in [-0.2, 0) is 9.53 Å². The molecule has 0 aliphatic heterocycles. The fraction of sp³-hybridized carbons (Fsp3) is 0.200. The predicted octanol–water partition coefficient (Wildman–Crippen LogP) is 4.45. The number of ether oxygens (including phenoxy) is 2. The zero-order chi connectivity index (χ0) is 18.5. The molecule has 0 radical (unpaired) electrons. The zero-order valence-corrected chi connectivity index (χ0v) is 14.9. The van der Waals surface area contributed by atoms with E-state index in [2.05, 4.69) is 0 Å². The Labute approximate surface area is 155 Å². The van der Waals surface area contributed by atoms with E-state index < -0.39 is 5.97 Å². The van der Waals surface area contributed by atoms with Crippen LogP contribution in [0.25, 0.3) is 22.1 Å². The maximum absolute atomic E-state index is 12.7. The van der Waals surface area contributed by atoms with Crippen LogP contribution in [-0.4, -0.2) is 19.2 Å². The van der Waals surface area contributed by atoms with Crippen LogP contribution in [0.1, 0.15) is 13.3 Å². The molecule has 0 N–H and O–H groups in total. The summed E-state index contributed by atoms with van der Waals surface area (Å²) in [5.74, 6) is -0.0259. The molecule has 1 heterocycles. The Morgan fingerprint density at radius 2 is 1.96 bits per heavy atom. The number of hydrogen-bond acceptors (Lipinski definition) is 5. The Bertz CT molecular complexity index is 993. The largest absolute Gasteiger partial charge is 0.482 e. The molecule has 2 aromatic carbocycles. The molecule has 0 spiro atoms. The molecule has 0 bridgehead atoms. The van der Waals surface area contributed by atoms with Crippen molar-refractivity contribution in [2.24, 2.45) is 0 Å². The minimum atomic E-state index is -0.442. The van der Waals surface area contributed by atoms with Gasteiger partial charge in [-0.2, -0.15) is 0 Å². The lowest BCUT2D eigenvalue weighted by Gasteiger charge is -2.08. The van der Waals surface area contributed by atoms with Gasteiger partial charge < -0.3 is 13.9 Å². The van der Waals surface area contributed by atoms with Crippen molar-refractivity contribution in [1.82, 2.24) is 0 Å². The minimum Gasteiger partial charge on any atom is -0.482 e. The molecule has 0 unspecified atom stereocenters. The van der Waals surface area contributed by atoms with E-state index in [9.17, 15) is 9.59 Å². The van der Waals surface area contributed by atoms with Crippen LogP contribution in [0.3, 0.4) is 0 Å². The number of hydrogen-bond donors (Lipinski definition) is 0. The number of carbonyl (C=O) groups excluding carboxylic acids is 1. The first-order valence-electron chi connectivity index (χ1n) is 8.19. The van der Waals surface area contributed by atoms with E-state index in [1.807, 2.05) is 6.92 Å². The van der Waals surface area contributed by atoms with Gasteiger partial charge >= 0.3 is 5.97 Å². The zero-order valence-electron chi connectivity index (χ0n) is 14.2. The van der Waals surface area contributed by atoms with Gasteiger partial charge in [0.2, 0.25) is 5.43 Å². The summed E-state index contributed by atoms with van der Waals surface area (Å²) >= 11 is 6.17. The fourth-order valence-corrected chi connectivity index (χ4v) is 2.70. The SMILES string of the molecule is CCCOC(=O)COc1ccc2c(=O)c(-c3ccccc3Cl)coc2c1. The first kappa shape index (κ1) is 18.0. The van der Waals surface area contributed by atoms with Gasteiger partial charge in [0, 0.05) is 16.7 Å². The van der Waals surface area contributed by atoms with Crippen molar-refractivity contribution in [2.45, 2.75) is 13.3 Å². The maximum Gasteiger partial charge on any atom is 0.344 e. The molecule has 1 aromatic heterocycles. The molecule has 0 saturated carbocycles. The molecule has 3 rings (SSSR count). The number of halogens is 1. The van der Waals surface area contributed by atoms with Crippen LogP contribution in [0.5, 0.6) is 5.75 Å². The van der Waals surface area contributed by atoms with Gasteiger partial charge in [0.1, 0.15) is 17.6 Å². The molecular weight excluding hydrogens is 356 g/mol. The summed E-state index contributed by atoms with van der Waals surface area (Å²) in [7, 11) is 0. The fourth-order valence-electron chi connectivity index (χ4n) is 2.46. The molecule has 5 nitrogen and oxygen atoms in total. The lowest BCUT2D eigenvalue weighted by atomic mass is 10.1. The van der Waals surface area contributed by atoms with Crippen molar-refractivity contribution >= 4 is 28.5 Å². The summed E-state index contributed by atoms with van der Waals surface area (Å²) in [6, 6.07) is 11.9. The molecule has 3 aromatic rings. The first-order chi connectivity index (χ1) is 12.6. The van der Waals surface area contributed by atoms with Gasteiger partial charge in [0.15, 0.2) is 6.61 Å². The Hall–Kier alpha value is -2.79.